The third kappa shape index (κ3) is 4.14. The normalized spacial score (nSPS) is 11.2. The van der Waals surface area contributed by atoms with Crippen LogP contribution in [0.2, 0.25) is 10.0 Å². The minimum absolute atomic E-state index is 0.186. The number of pyridine rings is 1. The fourth-order valence-corrected chi connectivity index (χ4v) is 4.83. The molecule has 1 aromatic carbocycles. The van der Waals surface area contributed by atoms with Crippen LogP contribution in [0.15, 0.2) is 54.3 Å². The predicted molar refractivity (Wildman–Crippen MR) is 134 cm³/mol. The Labute approximate surface area is 208 Å². The Bertz CT molecular complexity index is 1530. The molecular formula is C23H17Cl2N7OS. The zero-order chi connectivity index (χ0) is 23.8. The smallest absolute Gasteiger partial charge is 0.277 e. The van der Waals surface area contributed by atoms with Crippen LogP contribution in [0.25, 0.3) is 28.3 Å². The van der Waals surface area contributed by atoms with Crippen LogP contribution in [-0.2, 0) is 6.54 Å². The number of imidazole rings is 1. The molecule has 34 heavy (non-hydrogen) atoms. The van der Waals surface area contributed by atoms with Gasteiger partial charge < -0.3 is 5.73 Å². The molecule has 1 amide bonds. The van der Waals surface area contributed by atoms with Crippen molar-refractivity contribution < 1.29 is 4.79 Å². The maximum absolute atomic E-state index is 13.0. The van der Waals surface area contributed by atoms with Gasteiger partial charge in [-0.05, 0) is 37.3 Å². The van der Waals surface area contributed by atoms with Gasteiger partial charge in [0.25, 0.3) is 5.91 Å². The molecule has 0 unspecified atom stereocenters. The van der Waals surface area contributed by atoms with Gasteiger partial charge in [-0.2, -0.15) is 0 Å². The molecule has 4 heterocycles. The standard InChI is InChI=1S/C23H17Cl2N7OS/c1-12-16(8-26)20(15-5-4-14(24)7-17(15)25)32-10-18(29-22(32)28-12)21(33)31-23-30-19(11-34-23)13-3-2-6-27-9-13/h2-7,9-11H,8,26H2,1H3,(H,30,31,33). The number of hydrogen-bond acceptors (Lipinski definition) is 7. The maximum atomic E-state index is 13.0. The minimum Gasteiger partial charge on any atom is -0.326 e. The first-order valence-electron chi connectivity index (χ1n) is 10.2. The third-order valence-electron chi connectivity index (χ3n) is 5.22. The van der Waals surface area contributed by atoms with Crippen molar-refractivity contribution in [3.63, 3.8) is 0 Å². The lowest BCUT2D eigenvalue weighted by Crippen LogP contribution is -2.12. The van der Waals surface area contributed by atoms with Gasteiger partial charge in [-0.1, -0.05) is 23.2 Å². The predicted octanol–water partition coefficient (Wildman–Crippen LogP) is 5.24. The van der Waals surface area contributed by atoms with E-state index < -0.39 is 5.91 Å². The van der Waals surface area contributed by atoms with Crippen LogP contribution >= 0.6 is 34.5 Å². The van der Waals surface area contributed by atoms with Gasteiger partial charge in [0, 0.05) is 57.9 Å². The number of amides is 1. The first kappa shape index (κ1) is 22.4. The van der Waals surface area contributed by atoms with E-state index >= 15 is 0 Å². The lowest BCUT2D eigenvalue weighted by Gasteiger charge is -2.14. The summed E-state index contributed by atoms with van der Waals surface area (Å²) in [4.78, 5) is 30.6. The molecule has 5 rings (SSSR count). The molecular weight excluding hydrogens is 493 g/mol. The van der Waals surface area contributed by atoms with Gasteiger partial charge in [-0.3, -0.25) is 19.5 Å². The number of carbonyl (C=O) groups is 1. The molecule has 0 radical (unpaired) electrons. The average Bonchev–Trinajstić information content (AvgIpc) is 3.46. The van der Waals surface area contributed by atoms with Crippen molar-refractivity contribution >= 4 is 51.4 Å². The molecule has 0 aliphatic carbocycles. The van der Waals surface area contributed by atoms with Crippen LogP contribution in [0.4, 0.5) is 5.13 Å². The fraction of sp³-hybridized carbons (Fsp3) is 0.0870. The van der Waals surface area contributed by atoms with Gasteiger partial charge in [0.15, 0.2) is 5.13 Å². The Kier molecular flexibility index (Phi) is 6.01. The molecule has 0 aliphatic rings. The van der Waals surface area contributed by atoms with E-state index in [1.807, 2.05) is 30.5 Å². The number of rotatable bonds is 5. The van der Waals surface area contributed by atoms with Crippen molar-refractivity contribution in [1.29, 1.82) is 0 Å². The number of fused-ring (bicyclic) bond motifs is 1. The van der Waals surface area contributed by atoms with Gasteiger partial charge in [-0.25, -0.2) is 15.0 Å². The van der Waals surface area contributed by atoms with E-state index in [2.05, 4.69) is 25.3 Å². The summed E-state index contributed by atoms with van der Waals surface area (Å²) >= 11 is 13.9. The Morgan fingerprint density at radius 3 is 2.79 bits per heavy atom. The monoisotopic (exact) mass is 509 g/mol. The molecule has 0 bridgehead atoms. The summed E-state index contributed by atoms with van der Waals surface area (Å²) in [5, 5.41) is 6.09. The summed E-state index contributed by atoms with van der Waals surface area (Å²) in [6.07, 6.45) is 5.03. The van der Waals surface area contributed by atoms with Crippen LogP contribution in [0.1, 0.15) is 21.7 Å². The van der Waals surface area contributed by atoms with Crippen molar-refractivity contribution in [2.45, 2.75) is 13.5 Å². The number of nitrogens with one attached hydrogen (secondary N) is 1. The number of thiazole rings is 1. The highest BCUT2D eigenvalue weighted by Gasteiger charge is 2.21. The van der Waals surface area contributed by atoms with E-state index in [0.717, 1.165) is 16.8 Å². The summed E-state index contributed by atoms with van der Waals surface area (Å²) < 4.78 is 1.72. The van der Waals surface area contributed by atoms with E-state index in [0.29, 0.717) is 37.9 Å². The fourth-order valence-electron chi connectivity index (χ4n) is 3.61. The summed E-state index contributed by atoms with van der Waals surface area (Å²) in [6, 6.07) is 8.96. The lowest BCUT2D eigenvalue weighted by atomic mass is 10.0. The van der Waals surface area contributed by atoms with Crippen LogP contribution < -0.4 is 11.1 Å². The number of aromatic nitrogens is 5. The van der Waals surface area contributed by atoms with Gasteiger partial charge in [-0.15, -0.1) is 11.3 Å². The van der Waals surface area contributed by atoms with Crippen molar-refractivity contribution in [3.05, 3.63) is 81.3 Å². The zero-order valence-electron chi connectivity index (χ0n) is 17.8. The molecule has 11 heteroatoms. The summed E-state index contributed by atoms with van der Waals surface area (Å²) in [7, 11) is 0. The summed E-state index contributed by atoms with van der Waals surface area (Å²) in [5.41, 5.74) is 10.8. The number of hydrogen-bond donors (Lipinski definition) is 2. The molecule has 0 aliphatic heterocycles. The molecule has 0 saturated heterocycles. The highest BCUT2D eigenvalue weighted by atomic mass is 35.5. The van der Waals surface area contributed by atoms with Crippen LogP contribution in [0.5, 0.6) is 0 Å². The summed E-state index contributed by atoms with van der Waals surface area (Å²) in [6.45, 7) is 2.08. The van der Waals surface area contributed by atoms with Gasteiger partial charge in [0.05, 0.1) is 16.4 Å². The molecule has 3 N–H and O–H groups in total. The zero-order valence-corrected chi connectivity index (χ0v) is 20.1. The third-order valence-corrected chi connectivity index (χ3v) is 6.53. The summed E-state index contributed by atoms with van der Waals surface area (Å²) in [5.74, 6) is -0.0475. The Hall–Kier alpha value is -3.37. The van der Waals surface area contributed by atoms with Gasteiger partial charge >= 0.3 is 0 Å². The van der Waals surface area contributed by atoms with E-state index in [4.69, 9.17) is 28.9 Å². The molecule has 8 nitrogen and oxygen atoms in total. The van der Waals surface area contributed by atoms with Gasteiger partial charge in [0.2, 0.25) is 5.78 Å². The van der Waals surface area contributed by atoms with Crippen LogP contribution in [0.3, 0.4) is 0 Å². The number of benzene rings is 1. The second kappa shape index (κ2) is 9.11. The number of nitrogens with zero attached hydrogens (tertiary/aromatic N) is 5. The minimum atomic E-state index is -0.405. The van der Waals surface area contributed by atoms with Crippen molar-refractivity contribution in [2.75, 3.05) is 5.32 Å². The van der Waals surface area contributed by atoms with Crippen molar-refractivity contribution in [2.24, 2.45) is 5.73 Å². The number of nitrogens with two attached hydrogens (primary N) is 1. The Morgan fingerprint density at radius 2 is 2.06 bits per heavy atom. The van der Waals surface area contributed by atoms with Gasteiger partial charge in [0.1, 0.15) is 5.69 Å². The molecule has 0 spiro atoms. The maximum Gasteiger partial charge on any atom is 0.277 e. The molecule has 0 saturated carbocycles. The van der Waals surface area contributed by atoms with Crippen LogP contribution in [-0.4, -0.2) is 30.2 Å². The Morgan fingerprint density at radius 1 is 1.21 bits per heavy atom. The topological polar surface area (TPSA) is 111 Å². The van der Waals surface area contributed by atoms with E-state index in [1.165, 1.54) is 11.3 Å². The van der Waals surface area contributed by atoms with Crippen molar-refractivity contribution in [3.8, 4) is 22.5 Å². The SMILES string of the molecule is Cc1nc2nc(C(=O)Nc3nc(-c4cccnc4)cs3)cn2c(-c2ccc(Cl)cc2Cl)c1CN. The first-order valence-corrected chi connectivity index (χ1v) is 11.8. The lowest BCUT2D eigenvalue weighted by molar-refractivity contribution is 0.102. The Balaban J connectivity index is 1.53. The molecule has 170 valence electrons. The highest BCUT2D eigenvalue weighted by molar-refractivity contribution is 7.14. The second-order valence-corrected chi connectivity index (χ2v) is 9.08. The number of anilines is 1. The largest absolute Gasteiger partial charge is 0.326 e. The van der Waals surface area contributed by atoms with E-state index in [-0.39, 0.29) is 12.2 Å². The van der Waals surface area contributed by atoms with E-state index in [9.17, 15) is 4.79 Å². The average molecular weight is 510 g/mol. The number of carbonyl (C=O) groups excluding carboxylic acids is 1. The quantitative estimate of drug-likeness (QED) is 0.335. The number of aryl methyl sites for hydroxylation is 1. The highest BCUT2D eigenvalue weighted by Crippen LogP contribution is 2.34. The van der Waals surface area contributed by atoms with Crippen molar-refractivity contribution in [1.82, 2.24) is 24.3 Å². The first-order chi connectivity index (χ1) is 16.4. The molecule has 0 fully saturated rings. The number of halogens is 2. The van der Waals surface area contributed by atoms with E-state index in [1.54, 1.807) is 35.1 Å². The molecule has 4 aromatic heterocycles. The molecule has 5 aromatic rings. The second-order valence-electron chi connectivity index (χ2n) is 7.38. The van der Waals surface area contributed by atoms with Crippen LogP contribution in [0, 0.1) is 6.92 Å². The molecule has 0 atom stereocenters.